The van der Waals surface area contributed by atoms with Crippen molar-refractivity contribution < 1.29 is 14.3 Å². The Balaban J connectivity index is 1.51. The zero-order valence-corrected chi connectivity index (χ0v) is 19.5. The Bertz CT molecular complexity index is 1040. The molecule has 3 aromatic rings. The van der Waals surface area contributed by atoms with Gasteiger partial charge in [0.25, 0.3) is 0 Å². The summed E-state index contributed by atoms with van der Waals surface area (Å²) in [5, 5.41) is 11.7. The number of benzene rings is 2. The maximum atomic E-state index is 12.5. The molecule has 0 bridgehead atoms. The molecular formula is C24H30N4O3S. The van der Waals surface area contributed by atoms with E-state index in [1.165, 1.54) is 11.8 Å². The minimum absolute atomic E-state index is 0.111. The quantitative estimate of drug-likeness (QED) is 0.429. The molecule has 1 saturated heterocycles. The molecule has 1 atom stereocenters. The second kappa shape index (κ2) is 10.8. The fraction of sp³-hybridized carbons (Fsp3) is 0.458. The van der Waals surface area contributed by atoms with E-state index < -0.39 is 0 Å². The molecule has 2 aromatic carbocycles. The number of aromatic nitrogens is 3. The molecule has 4 rings (SSSR count). The molecule has 0 N–H and O–H groups in total. The van der Waals surface area contributed by atoms with E-state index in [4.69, 9.17) is 9.47 Å². The Morgan fingerprint density at radius 2 is 2.00 bits per heavy atom. The number of hydrogen-bond donors (Lipinski definition) is 0. The fourth-order valence-corrected chi connectivity index (χ4v) is 4.84. The molecule has 7 nitrogen and oxygen atoms in total. The molecule has 1 amide bonds. The molecular weight excluding hydrogens is 424 g/mol. The third-order valence-corrected chi connectivity index (χ3v) is 6.70. The van der Waals surface area contributed by atoms with Crippen molar-refractivity contribution in [3.63, 3.8) is 0 Å². The van der Waals surface area contributed by atoms with E-state index in [1.807, 2.05) is 43.0 Å². The van der Waals surface area contributed by atoms with Crippen LogP contribution >= 0.6 is 11.8 Å². The van der Waals surface area contributed by atoms with Gasteiger partial charge in [-0.3, -0.25) is 4.79 Å². The summed E-state index contributed by atoms with van der Waals surface area (Å²) in [7, 11) is 0. The molecule has 32 heavy (non-hydrogen) atoms. The van der Waals surface area contributed by atoms with Crippen LogP contribution in [0.1, 0.15) is 32.5 Å². The number of hydrogen-bond acceptors (Lipinski definition) is 6. The van der Waals surface area contributed by atoms with Crippen molar-refractivity contribution in [3.8, 4) is 5.75 Å². The van der Waals surface area contributed by atoms with E-state index in [0.29, 0.717) is 32.0 Å². The van der Waals surface area contributed by atoms with Crippen LogP contribution in [-0.4, -0.2) is 57.1 Å². The van der Waals surface area contributed by atoms with Crippen molar-refractivity contribution in [3.05, 3.63) is 48.3 Å². The van der Waals surface area contributed by atoms with E-state index in [0.717, 1.165) is 47.0 Å². The standard InChI is InChI=1S/C24H30N4O3S/c1-3-27(4-2)23(29)17-32-24-26-25-22(28(24)15-19-11-8-14-30-19)16-31-21-13-7-10-18-9-5-6-12-20(18)21/h5-7,9-10,12-13,19H,3-4,8,11,14-17H2,1-2H3. The molecule has 0 saturated carbocycles. The van der Waals surface area contributed by atoms with Gasteiger partial charge in [-0.2, -0.15) is 0 Å². The molecule has 8 heteroatoms. The van der Waals surface area contributed by atoms with Gasteiger partial charge in [0.15, 0.2) is 11.0 Å². The largest absolute Gasteiger partial charge is 0.485 e. The number of fused-ring (bicyclic) bond motifs is 1. The zero-order valence-electron chi connectivity index (χ0n) is 18.7. The summed E-state index contributed by atoms with van der Waals surface area (Å²) < 4.78 is 14.1. The van der Waals surface area contributed by atoms with Gasteiger partial charge in [-0.1, -0.05) is 48.2 Å². The summed E-state index contributed by atoms with van der Waals surface area (Å²) in [6.45, 7) is 7.17. The van der Waals surface area contributed by atoms with Crippen LogP contribution in [0.5, 0.6) is 5.75 Å². The summed E-state index contributed by atoms with van der Waals surface area (Å²) in [5.74, 6) is 2.02. The summed E-state index contributed by atoms with van der Waals surface area (Å²) in [6, 6.07) is 14.2. The minimum Gasteiger partial charge on any atom is -0.485 e. The van der Waals surface area contributed by atoms with Gasteiger partial charge in [-0.25, -0.2) is 0 Å². The van der Waals surface area contributed by atoms with Crippen LogP contribution in [0.25, 0.3) is 10.8 Å². The number of thioether (sulfide) groups is 1. The third-order valence-electron chi connectivity index (χ3n) is 5.75. The molecule has 1 fully saturated rings. The normalized spacial score (nSPS) is 15.9. The average Bonchev–Trinajstić information content (AvgIpc) is 3.47. The van der Waals surface area contributed by atoms with Gasteiger partial charge in [0, 0.05) is 25.1 Å². The highest BCUT2D eigenvalue weighted by Crippen LogP contribution is 2.27. The van der Waals surface area contributed by atoms with Crippen molar-refractivity contribution in [2.45, 2.75) is 51.1 Å². The summed E-state index contributed by atoms with van der Waals surface area (Å²) >= 11 is 1.43. The lowest BCUT2D eigenvalue weighted by Gasteiger charge is -2.18. The number of ether oxygens (including phenoxy) is 2. The van der Waals surface area contributed by atoms with E-state index in [1.54, 1.807) is 0 Å². The van der Waals surface area contributed by atoms with Gasteiger partial charge in [-0.05, 0) is 38.1 Å². The maximum absolute atomic E-state index is 12.5. The lowest BCUT2D eigenvalue weighted by molar-refractivity contribution is -0.127. The second-order valence-electron chi connectivity index (χ2n) is 7.77. The third kappa shape index (κ3) is 5.24. The summed E-state index contributed by atoms with van der Waals surface area (Å²) in [5.41, 5.74) is 0. The molecule has 1 unspecified atom stereocenters. The Morgan fingerprint density at radius 1 is 1.19 bits per heavy atom. The van der Waals surface area contributed by atoms with Crippen LogP contribution in [-0.2, 0) is 22.7 Å². The lowest BCUT2D eigenvalue weighted by atomic mass is 10.1. The number of rotatable bonds is 10. The number of nitrogens with zero attached hydrogens (tertiary/aromatic N) is 4. The number of amides is 1. The Labute approximate surface area is 193 Å². The predicted molar refractivity (Wildman–Crippen MR) is 126 cm³/mol. The predicted octanol–water partition coefficient (Wildman–Crippen LogP) is 4.15. The number of carbonyl (C=O) groups is 1. The monoisotopic (exact) mass is 454 g/mol. The highest BCUT2D eigenvalue weighted by Gasteiger charge is 2.22. The van der Waals surface area contributed by atoms with E-state index in [9.17, 15) is 4.79 Å². The van der Waals surface area contributed by atoms with Crippen LogP contribution in [0.2, 0.25) is 0 Å². The van der Waals surface area contributed by atoms with Crippen LogP contribution < -0.4 is 4.74 Å². The minimum atomic E-state index is 0.111. The first-order valence-corrected chi connectivity index (χ1v) is 12.2. The molecule has 0 radical (unpaired) electrons. The topological polar surface area (TPSA) is 69.5 Å². The average molecular weight is 455 g/mol. The SMILES string of the molecule is CCN(CC)C(=O)CSc1nnc(COc2cccc3ccccc23)n1CC1CCCO1. The lowest BCUT2D eigenvalue weighted by Crippen LogP contribution is -2.32. The molecule has 0 spiro atoms. The fourth-order valence-electron chi connectivity index (χ4n) is 3.97. The van der Waals surface area contributed by atoms with Gasteiger partial charge in [0.2, 0.25) is 5.91 Å². The van der Waals surface area contributed by atoms with Crippen LogP contribution in [0.4, 0.5) is 0 Å². The van der Waals surface area contributed by atoms with Crippen molar-refractivity contribution in [2.24, 2.45) is 0 Å². The van der Waals surface area contributed by atoms with Gasteiger partial charge in [-0.15, -0.1) is 10.2 Å². The molecule has 1 aliphatic heterocycles. The highest BCUT2D eigenvalue weighted by molar-refractivity contribution is 7.99. The molecule has 0 aliphatic carbocycles. The van der Waals surface area contributed by atoms with Crippen molar-refractivity contribution in [2.75, 3.05) is 25.4 Å². The van der Waals surface area contributed by atoms with Crippen LogP contribution in [0.15, 0.2) is 47.6 Å². The maximum Gasteiger partial charge on any atom is 0.233 e. The van der Waals surface area contributed by atoms with Gasteiger partial charge >= 0.3 is 0 Å². The smallest absolute Gasteiger partial charge is 0.233 e. The van der Waals surface area contributed by atoms with Crippen LogP contribution in [0.3, 0.4) is 0 Å². The Kier molecular flexibility index (Phi) is 7.65. The number of carbonyl (C=O) groups excluding carboxylic acids is 1. The van der Waals surface area contributed by atoms with Crippen LogP contribution in [0, 0.1) is 0 Å². The molecule has 1 aliphatic rings. The van der Waals surface area contributed by atoms with Gasteiger partial charge < -0.3 is 18.9 Å². The summed E-state index contributed by atoms with van der Waals surface area (Å²) in [4.78, 5) is 14.3. The summed E-state index contributed by atoms with van der Waals surface area (Å²) in [6.07, 6.45) is 2.22. The van der Waals surface area contributed by atoms with E-state index in [2.05, 4.69) is 33.0 Å². The zero-order chi connectivity index (χ0) is 22.3. The first-order chi connectivity index (χ1) is 15.7. The van der Waals surface area contributed by atoms with Crippen molar-refractivity contribution >= 4 is 28.4 Å². The van der Waals surface area contributed by atoms with Crippen molar-refractivity contribution in [1.29, 1.82) is 0 Å². The molecule has 1 aromatic heterocycles. The molecule has 170 valence electrons. The van der Waals surface area contributed by atoms with E-state index in [-0.39, 0.29) is 12.0 Å². The van der Waals surface area contributed by atoms with Gasteiger partial charge in [0.05, 0.1) is 18.4 Å². The van der Waals surface area contributed by atoms with E-state index >= 15 is 0 Å². The van der Waals surface area contributed by atoms with Gasteiger partial charge in [0.1, 0.15) is 12.4 Å². The Morgan fingerprint density at radius 3 is 2.78 bits per heavy atom. The molecule has 2 heterocycles. The second-order valence-corrected chi connectivity index (χ2v) is 8.71. The first-order valence-electron chi connectivity index (χ1n) is 11.2. The first kappa shape index (κ1) is 22.6. The van der Waals surface area contributed by atoms with Crippen molar-refractivity contribution in [1.82, 2.24) is 19.7 Å². The highest BCUT2D eigenvalue weighted by atomic mass is 32.2. The Hall–Kier alpha value is -2.58.